The van der Waals surface area contributed by atoms with Crippen LogP contribution in [0.2, 0.25) is 0 Å². The van der Waals surface area contributed by atoms with Crippen LogP contribution < -0.4 is 16.2 Å². The van der Waals surface area contributed by atoms with Crippen LogP contribution in [0.15, 0.2) is 55.1 Å². The summed E-state index contributed by atoms with van der Waals surface area (Å²) < 4.78 is 39.6. The maximum absolute atomic E-state index is 13.2. The van der Waals surface area contributed by atoms with Crippen LogP contribution in [-0.2, 0) is 6.18 Å². The number of nitrogens with one attached hydrogen (secondary N) is 3. The number of aromatic nitrogens is 3. The molecule has 30 heavy (non-hydrogen) atoms. The maximum atomic E-state index is 13.2. The number of halogens is 3. The van der Waals surface area contributed by atoms with Crippen molar-refractivity contribution in [3.05, 3.63) is 76.4 Å². The summed E-state index contributed by atoms with van der Waals surface area (Å²) in [6, 6.07) is 7.41. The second-order valence-corrected chi connectivity index (χ2v) is 5.67. The van der Waals surface area contributed by atoms with Gasteiger partial charge in [0.25, 0.3) is 5.91 Å². The van der Waals surface area contributed by atoms with Gasteiger partial charge in [0.2, 0.25) is 11.6 Å². The zero-order valence-electron chi connectivity index (χ0n) is 14.8. The number of amides is 1. The average molecular weight is 419 g/mol. The van der Waals surface area contributed by atoms with E-state index in [0.717, 1.165) is 18.5 Å². The highest BCUT2D eigenvalue weighted by Crippen LogP contribution is 2.37. The van der Waals surface area contributed by atoms with E-state index in [9.17, 15) is 28.1 Å². The lowest BCUT2D eigenvalue weighted by atomic mass is 10.1. The van der Waals surface area contributed by atoms with Gasteiger partial charge in [-0.05, 0) is 24.3 Å². The van der Waals surface area contributed by atoms with Gasteiger partial charge in [-0.15, -0.1) is 0 Å². The molecule has 0 aliphatic heterocycles. The van der Waals surface area contributed by atoms with Crippen molar-refractivity contribution in [2.45, 2.75) is 6.18 Å². The number of nitro groups is 1. The van der Waals surface area contributed by atoms with Crippen molar-refractivity contribution in [3.8, 4) is 0 Å². The van der Waals surface area contributed by atoms with Crippen LogP contribution in [0.3, 0.4) is 0 Å². The number of nitrogens with zero attached hydrogens (tertiary/aromatic N) is 4. The van der Waals surface area contributed by atoms with Crippen molar-refractivity contribution in [1.82, 2.24) is 20.4 Å². The highest BCUT2D eigenvalue weighted by molar-refractivity contribution is 5.94. The Morgan fingerprint density at radius 3 is 2.47 bits per heavy atom. The fraction of sp³-hybridized carbons (Fsp3) is 0.0588. The molecule has 3 N–H and O–H groups in total. The van der Waals surface area contributed by atoms with E-state index < -0.39 is 45.6 Å². The first-order valence-electron chi connectivity index (χ1n) is 8.16. The minimum atomic E-state index is -4.69. The summed E-state index contributed by atoms with van der Waals surface area (Å²) in [7, 11) is 0. The Kier molecular flexibility index (Phi) is 5.71. The van der Waals surface area contributed by atoms with Crippen LogP contribution in [0.4, 0.5) is 36.2 Å². The summed E-state index contributed by atoms with van der Waals surface area (Å²) in [5, 5.41) is 13.8. The number of para-hydroxylation sites is 1. The number of rotatable bonds is 6. The number of benzene rings is 1. The molecule has 154 valence electrons. The van der Waals surface area contributed by atoms with Gasteiger partial charge in [0.15, 0.2) is 0 Å². The lowest BCUT2D eigenvalue weighted by Crippen LogP contribution is -2.30. The summed E-state index contributed by atoms with van der Waals surface area (Å²) in [5.41, 5.74) is 2.43. The number of hydrogen-bond acceptors (Lipinski definition) is 8. The molecule has 1 amide bonds. The predicted molar refractivity (Wildman–Crippen MR) is 98.7 cm³/mol. The number of hydrazine groups is 1. The number of pyridine rings is 1. The van der Waals surface area contributed by atoms with Crippen molar-refractivity contribution in [1.29, 1.82) is 0 Å². The molecule has 10 nitrogen and oxygen atoms in total. The first-order chi connectivity index (χ1) is 14.3. The molecule has 0 bridgehead atoms. The van der Waals surface area contributed by atoms with Crippen LogP contribution >= 0.6 is 0 Å². The van der Waals surface area contributed by atoms with Crippen molar-refractivity contribution < 1.29 is 22.9 Å². The van der Waals surface area contributed by atoms with E-state index in [2.05, 4.69) is 31.1 Å². The molecule has 1 aromatic carbocycles. The standard InChI is InChI=1S/C17H12F3N7O3/c18-17(19,20)11-5-1-2-6-12(11)24-14-13(27(29)30)15(23-9-22-14)25-26-16(28)10-4-3-7-21-8-10/h1-9H,(H,26,28)(H2,22,23,24,25). The summed E-state index contributed by atoms with van der Waals surface area (Å²) in [6.45, 7) is 0. The molecular weight excluding hydrogens is 407 g/mol. The normalized spacial score (nSPS) is 10.9. The average Bonchev–Trinajstić information content (AvgIpc) is 2.72. The minimum absolute atomic E-state index is 0.166. The molecule has 0 saturated heterocycles. The van der Waals surface area contributed by atoms with Crippen molar-refractivity contribution >= 4 is 28.9 Å². The number of anilines is 3. The predicted octanol–water partition coefficient (Wildman–Crippen LogP) is 3.30. The molecule has 2 heterocycles. The number of carbonyl (C=O) groups excluding carboxylic acids is 1. The molecule has 0 spiro atoms. The third-order valence-corrected chi connectivity index (χ3v) is 3.71. The van der Waals surface area contributed by atoms with Gasteiger partial charge in [-0.2, -0.15) is 13.2 Å². The first kappa shape index (κ1) is 20.4. The summed E-state index contributed by atoms with van der Waals surface area (Å²) >= 11 is 0. The molecule has 0 unspecified atom stereocenters. The third-order valence-electron chi connectivity index (χ3n) is 3.71. The highest BCUT2D eigenvalue weighted by Gasteiger charge is 2.34. The monoisotopic (exact) mass is 419 g/mol. The molecule has 3 aromatic rings. The SMILES string of the molecule is O=C(NNc1ncnc(Nc2ccccc2C(F)(F)F)c1[N+](=O)[O-])c1cccnc1. The Balaban J connectivity index is 1.89. The number of hydrogen-bond donors (Lipinski definition) is 3. The Hall–Kier alpha value is -4.29. The van der Waals surface area contributed by atoms with Crippen LogP contribution in [0, 0.1) is 10.1 Å². The van der Waals surface area contributed by atoms with Gasteiger partial charge in [0.1, 0.15) is 6.33 Å². The first-order valence-corrected chi connectivity index (χ1v) is 8.16. The zero-order chi connectivity index (χ0) is 21.7. The topological polar surface area (TPSA) is 135 Å². The van der Waals surface area contributed by atoms with E-state index >= 15 is 0 Å². The lowest BCUT2D eigenvalue weighted by Gasteiger charge is -2.14. The van der Waals surface area contributed by atoms with Crippen LogP contribution in [-0.4, -0.2) is 25.8 Å². The zero-order valence-corrected chi connectivity index (χ0v) is 14.8. The highest BCUT2D eigenvalue weighted by atomic mass is 19.4. The van der Waals surface area contributed by atoms with E-state index in [0.29, 0.717) is 0 Å². The lowest BCUT2D eigenvalue weighted by molar-refractivity contribution is -0.383. The van der Waals surface area contributed by atoms with E-state index in [1.165, 1.54) is 36.7 Å². The van der Waals surface area contributed by atoms with Gasteiger partial charge in [-0.3, -0.25) is 30.7 Å². The maximum Gasteiger partial charge on any atom is 0.418 e. The molecule has 2 aromatic heterocycles. The fourth-order valence-electron chi connectivity index (χ4n) is 2.39. The van der Waals surface area contributed by atoms with E-state index in [4.69, 9.17) is 0 Å². The number of alkyl halides is 3. The molecule has 13 heteroatoms. The molecular formula is C17H12F3N7O3. The van der Waals surface area contributed by atoms with Crippen molar-refractivity contribution in [3.63, 3.8) is 0 Å². The van der Waals surface area contributed by atoms with Crippen LogP contribution in [0.1, 0.15) is 15.9 Å². The van der Waals surface area contributed by atoms with Crippen molar-refractivity contribution in [2.24, 2.45) is 0 Å². The third kappa shape index (κ3) is 4.57. The summed E-state index contributed by atoms with van der Waals surface area (Å²) in [5.74, 6) is -1.59. The quantitative estimate of drug-likeness (QED) is 0.409. The molecule has 0 radical (unpaired) electrons. The Labute approximate surface area is 166 Å². The van der Waals surface area contributed by atoms with Crippen molar-refractivity contribution in [2.75, 3.05) is 10.7 Å². The Bertz CT molecular complexity index is 1080. The Morgan fingerprint density at radius 2 is 1.80 bits per heavy atom. The molecule has 0 aliphatic carbocycles. The molecule has 0 atom stereocenters. The second kappa shape index (κ2) is 8.38. The number of carbonyl (C=O) groups is 1. The van der Waals surface area contributed by atoms with Crippen LogP contribution in [0.5, 0.6) is 0 Å². The summed E-state index contributed by atoms with van der Waals surface area (Å²) in [6.07, 6.45) is -1.07. The smallest absolute Gasteiger partial charge is 0.334 e. The largest absolute Gasteiger partial charge is 0.418 e. The molecule has 3 rings (SSSR count). The van der Waals surface area contributed by atoms with Crippen LogP contribution in [0.25, 0.3) is 0 Å². The van der Waals surface area contributed by atoms with Gasteiger partial charge < -0.3 is 5.32 Å². The molecule has 0 fully saturated rings. The van der Waals surface area contributed by atoms with Gasteiger partial charge in [-0.1, -0.05) is 12.1 Å². The van der Waals surface area contributed by atoms with Gasteiger partial charge in [0.05, 0.1) is 21.7 Å². The Morgan fingerprint density at radius 1 is 1.07 bits per heavy atom. The van der Waals surface area contributed by atoms with Gasteiger partial charge in [0, 0.05) is 12.4 Å². The van der Waals surface area contributed by atoms with E-state index in [1.54, 1.807) is 0 Å². The minimum Gasteiger partial charge on any atom is -0.334 e. The molecule has 0 saturated carbocycles. The van der Waals surface area contributed by atoms with E-state index in [-0.39, 0.29) is 5.56 Å². The van der Waals surface area contributed by atoms with Gasteiger partial charge in [-0.25, -0.2) is 9.97 Å². The van der Waals surface area contributed by atoms with E-state index in [1.807, 2.05) is 0 Å². The summed E-state index contributed by atoms with van der Waals surface area (Å²) in [4.78, 5) is 33.8. The fourth-order valence-corrected chi connectivity index (χ4v) is 2.39. The van der Waals surface area contributed by atoms with Gasteiger partial charge >= 0.3 is 11.9 Å². The second-order valence-electron chi connectivity index (χ2n) is 5.67. The molecule has 0 aliphatic rings.